The van der Waals surface area contributed by atoms with Crippen LogP contribution < -0.4 is 10.4 Å². The second-order valence-corrected chi connectivity index (χ2v) is 8.07. The minimum atomic E-state index is -4.73. The number of ether oxygens (including phenoxy) is 2. The maximum atomic E-state index is 15.5. The summed E-state index contributed by atoms with van der Waals surface area (Å²) in [5, 5.41) is 3.35. The second-order valence-electron chi connectivity index (χ2n) is 7.71. The van der Waals surface area contributed by atoms with Crippen LogP contribution in [0.15, 0.2) is 47.4 Å². The number of halogens is 5. The van der Waals surface area contributed by atoms with Crippen molar-refractivity contribution in [3.05, 3.63) is 75.4 Å². The predicted molar refractivity (Wildman–Crippen MR) is 123 cm³/mol. The average Bonchev–Trinajstić information content (AvgIpc) is 3.15. The third-order valence-corrected chi connectivity index (χ3v) is 5.59. The number of pyridine rings is 2. The Morgan fingerprint density at radius 2 is 1.86 bits per heavy atom. The van der Waals surface area contributed by atoms with Gasteiger partial charge in [-0.25, -0.2) is 14.2 Å². The van der Waals surface area contributed by atoms with E-state index in [1.807, 2.05) is 30.3 Å². The van der Waals surface area contributed by atoms with E-state index in [0.717, 1.165) is 12.5 Å². The van der Waals surface area contributed by atoms with Crippen molar-refractivity contribution in [2.45, 2.75) is 45.9 Å². The van der Waals surface area contributed by atoms with Gasteiger partial charge in [0, 0.05) is 18.1 Å². The molecule has 3 aromatic heterocycles. The molecule has 3 heterocycles. The minimum absolute atomic E-state index is 0.0790. The van der Waals surface area contributed by atoms with E-state index >= 15 is 4.39 Å². The molecular formula is C23H20ClF4N5O3. The summed E-state index contributed by atoms with van der Waals surface area (Å²) in [6, 6.07) is 10.5. The van der Waals surface area contributed by atoms with Gasteiger partial charge < -0.3 is 9.47 Å². The summed E-state index contributed by atoms with van der Waals surface area (Å²) in [7, 11) is 0. The molecule has 0 aliphatic carbocycles. The van der Waals surface area contributed by atoms with Crippen molar-refractivity contribution >= 4 is 22.4 Å². The molecule has 190 valence electrons. The highest BCUT2D eigenvalue weighted by Gasteiger charge is 2.39. The number of hydrogen-bond donors (Lipinski definition) is 0. The van der Waals surface area contributed by atoms with Gasteiger partial charge in [-0.3, -0.25) is 4.57 Å². The summed E-state index contributed by atoms with van der Waals surface area (Å²) in [5.41, 5.74) is 0.146. The summed E-state index contributed by atoms with van der Waals surface area (Å²) >= 11 is 6.04. The summed E-state index contributed by atoms with van der Waals surface area (Å²) in [5.74, 6) is -2.13. The average molecular weight is 526 g/mol. The van der Waals surface area contributed by atoms with Crippen LogP contribution in [0.1, 0.15) is 25.2 Å². The van der Waals surface area contributed by atoms with Crippen molar-refractivity contribution in [2.75, 3.05) is 0 Å². The van der Waals surface area contributed by atoms with Gasteiger partial charge in [0.05, 0.1) is 12.0 Å². The quantitative estimate of drug-likeness (QED) is 0.242. The van der Waals surface area contributed by atoms with E-state index in [9.17, 15) is 18.0 Å². The molecule has 1 aromatic carbocycles. The van der Waals surface area contributed by atoms with E-state index in [-0.39, 0.29) is 41.5 Å². The monoisotopic (exact) mass is 525 g/mol. The molecule has 8 nitrogen and oxygen atoms in total. The van der Waals surface area contributed by atoms with E-state index < -0.39 is 35.5 Å². The van der Waals surface area contributed by atoms with Crippen LogP contribution >= 0.6 is 11.6 Å². The first-order valence-electron chi connectivity index (χ1n) is 10.8. The maximum Gasteiger partial charge on any atom is 0.425 e. The Morgan fingerprint density at radius 1 is 1.14 bits per heavy atom. The van der Waals surface area contributed by atoms with Crippen LogP contribution in [0.4, 0.5) is 17.6 Å². The number of fused-ring (bicyclic) bond motifs is 1. The fourth-order valence-corrected chi connectivity index (χ4v) is 3.68. The number of rotatable bonds is 8. The van der Waals surface area contributed by atoms with Crippen LogP contribution in [0.2, 0.25) is 5.15 Å². The number of nitrogens with zero attached hydrogens (tertiary/aromatic N) is 5. The van der Waals surface area contributed by atoms with E-state index in [1.165, 1.54) is 16.8 Å². The fourth-order valence-electron chi connectivity index (χ4n) is 3.44. The molecule has 0 bridgehead atoms. The van der Waals surface area contributed by atoms with E-state index in [4.69, 9.17) is 21.1 Å². The molecule has 0 aliphatic rings. The van der Waals surface area contributed by atoms with Gasteiger partial charge in [0.1, 0.15) is 11.8 Å². The van der Waals surface area contributed by atoms with E-state index in [1.54, 1.807) is 6.92 Å². The second kappa shape index (κ2) is 10.2. The van der Waals surface area contributed by atoms with Gasteiger partial charge in [-0.2, -0.15) is 22.8 Å². The van der Waals surface area contributed by atoms with Gasteiger partial charge >= 0.3 is 11.9 Å². The topological polar surface area (TPSA) is 84.1 Å². The maximum absolute atomic E-state index is 15.5. The molecule has 0 saturated carbocycles. The Bertz CT molecular complexity index is 1440. The predicted octanol–water partition coefficient (Wildman–Crippen LogP) is 4.84. The Morgan fingerprint density at radius 3 is 2.53 bits per heavy atom. The largest absolute Gasteiger partial charge is 0.464 e. The number of benzene rings is 1. The lowest BCUT2D eigenvalue weighted by Crippen LogP contribution is -2.32. The zero-order valence-corrected chi connectivity index (χ0v) is 19.8. The van der Waals surface area contributed by atoms with Crippen LogP contribution in [0.25, 0.3) is 16.6 Å². The summed E-state index contributed by atoms with van der Waals surface area (Å²) in [6.45, 7) is 2.80. The Balaban J connectivity index is 1.77. The normalized spacial score (nSPS) is 12.8. The van der Waals surface area contributed by atoms with E-state index in [2.05, 4.69) is 15.1 Å². The van der Waals surface area contributed by atoms with Crippen molar-refractivity contribution in [3.63, 3.8) is 0 Å². The Kier molecular flexibility index (Phi) is 7.27. The minimum Gasteiger partial charge on any atom is -0.464 e. The molecule has 0 radical (unpaired) electrons. The first-order chi connectivity index (χ1) is 17.1. The van der Waals surface area contributed by atoms with Crippen molar-refractivity contribution in [1.82, 2.24) is 24.3 Å². The van der Waals surface area contributed by atoms with Crippen LogP contribution in [-0.4, -0.2) is 36.6 Å². The third-order valence-electron chi connectivity index (χ3n) is 5.31. The van der Waals surface area contributed by atoms with Crippen LogP contribution in [0.3, 0.4) is 0 Å². The fraction of sp³-hybridized carbons (Fsp3) is 0.304. The van der Waals surface area contributed by atoms with Gasteiger partial charge in [0.15, 0.2) is 23.6 Å². The lowest BCUT2D eigenvalue weighted by Gasteiger charge is -2.19. The van der Waals surface area contributed by atoms with Gasteiger partial charge in [-0.1, -0.05) is 41.9 Å². The summed E-state index contributed by atoms with van der Waals surface area (Å²) in [4.78, 5) is 20.7. The molecule has 0 saturated heterocycles. The molecule has 0 N–H and O–H groups in total. The lowest BCUT2D eigenvalue weighted by atomic mass is 10.2. The third kappa shape index (κ3) is 5.05. The molecular weight excluding hydrogens is 506 g/mol. The Labute approximate surface area is 207 Å². The standard InChI is InChI=1S/C23H20ClF4N5O3/c1-3-32-16(12-35-11-14-7-5-4-6-8-14)31-33(22(32)34)20-18(25)15-9-10-29-19(24)17(15)21(30-20)36-13(2)23(26,27)28/h4-10,13H,3,11-12H2,1-2H3. The lowest BCUT2D eigenvalue weighted by molar-refractivity contribution is -0.189. The van der Waals surface area contributed by atoms with Gasteiger partial charge in [0.25, 0.3) is 0 Å². The first-order valence-corrected chi connectivity index (χ1v) is 11.2. The zero-order valence-electron chi connectivity index (χ0n) is 19.1. The highest BCUT2D eigenvalue weighted by molar-refractivity contribution is 6.34. The molecule has 0 aliphatic heterocycles. The van der Waals surface area contributed by atoms with Crippen LogP contribution in [0, 0.1) is 5.82 Å². The van der Waals surface area contributed by atoms with Gasteiger partial charge in [-0.15, -0.1) is 5.10 Å². The highest BCUT2D eigenvalue weighted by Crippen LogP contribution is 2.35. The molecule has 4 rings (SSSR count). The molecule has 1 atom stereocenters. The highest BCUT2D eigenvalue weighted by atomic mass is 35.5. The molecule has 0 amide bonds. The van der Waals surface area contributed by atoms with Crippen molar-refractivity contribution < 1.29 is 27.0 Å². The first kappa shape index (κ1) is 25.6. The molecule has 36 heavy (non-hydrogen) atoms. The molecule has 13 heteroatoms. The summed E-state index contributed by atoms with van der Waals surface area (Å²) < 4.78 is 67.6. The SMILES string of the molecule is CCn1c(COCc2ccccc2)nn(-c2nc(OC(C)C(F)(F)F)c3c(Cl)nccc3c2F)c1=O. The van der Waals surface area contributed by atoms with Crippen molar-refractivity contribution in [2.24, 2.45) is 0 Å². The number of alkyl halides is 3. The van der Waals surface area contributed by atoms with Crippen molar-refractivity contribution in [3.8, 4) is 11.7 Å². The zero-order chi connectivity index (χ0) is 26.0. The molecule has 0 spiro atoms. The van der Waals surface area contributed by atoms with E-state index in [0.29, 0.717) is 4.68 Å². The van der Waals surface area contributed by atoms with Gasteiger partial charge in [-0.05, 0) is 25.5 Å². The van der Waals surface area contributed by atoms with Crippen LogP contribution in [-0.2, 0) is 24.5 Å². The molecule has 4 aromatic rings. The summed E-state index contributed by atoms with van der Waals surface area (Å²) in [6.07, 6.45) is -5.86. The van der Waals surface area contributed by atoms with Crippen molar-refractivity contribution in [1.29, 1.82) is 0 Å². The molecule has 0 fully saturated rings. The number of hydrogen-bond acceptors (Lipinski definition) is 6. The van der Waals surface area contributed by atoms with Gasteiger partial charge in [0.2, 0.25) is 5.88 Å². The molecule has 1 unspecified atom stereocenters. The van der Waals surface area contributed by atoms with Crippen LogP contribution in [0.5, 0.6) is 5.88 Å². The number of aromatic nitrogens is 5. The smallest absolute Gasteiger partial charge is 0.425 e. The Hall–Kier alpha value is -3.51.